The van der Waals surface area contributed by atoms with E-state index in [0.717, 1.165) is 24.1 Å². The summed E-state index contributed by atoms with van der Waals surface area (Å²) in [4.78, 5) is 4.22. The molecule has 0 fully saturated rings. The van der Waals surface area contributed by atoms with Crippen LogP contribution in [0.1, 0.15) is 51.3 Å². The van der Waals surface area contributed by atoms with Crippen molar-refractivity contribution >= 4 is 5.82 Å². The van der Waals surface area contributed by atoms with Gasteiger partial charge in [0.1, 0.15) is 5.82 Å². The van der Waals surface area contributed by atoms with Crippen molar-refractivity contribution in [2.75, 3.05) is 18.9 Å². The van der Waals surface area contributed by atoms with E-state index in [0.29, 0.717) is 12.4 Å². The zero-order chi connectivity index (χ0) is 14.5. The molecule has 1 aromatic rings. The van der Waals surface area contributed by atoms with Crippen LogP contribution in [-0.2, 0) is 4.74 Å². The van der Waals surface area contributed by atoms with E-state index in [9.17, 15) is 0 Å². The summed E-state index contributed by atoms with van der Waals surface area (Å²) in [5.74, 6) is 0.585. The first-order chi connectivity index (χ1) is 8.94. The van der Waals surface area contributed by atoms with E-state index in [1.807, 2.05) is 13.0 Å². The molecule has 108 valence electrons. The molecule has 1 heterocycles. The largest absolute Gasteiger partial charge is 0.383 e. The second kappa shape index (κ2) is 6.87. The van der Waals surface area contributed by atoms with Crippen molar-refractivity contribution in [3.8, 4) is 0 Å². The Kier molecular flexibility index (Phi) is 5.76. The Balaban J connectivity index is 3.16. The van der Waals surface area contributed by atoms with Gasteiger partial charge in [-0.05, 0) is 52.3 Å². The number of anilines is 1. The molecule has 4 heteroatoms. The van der Waals surface area contributed by atoms with Crippen molar-refractivity contribution < 1.29 is 4.74 Å². The van der Waals surface area contributed by atoms with Crippen LogP contribution in [0.4, 0.5) is 5.82 Å². The van der Waals surface area contributed by atoms with Crippen LogP contribution in [0.2, 0.25) is 0 Å². The average molecular weight is 265 g/mol. The molecule has 1 aromatic heterocycles. The van der Waals surface area contributed by atoms with E-state index in [2.05, 4.69) is 38.0 Å². The fourth-order valence-electron chi connectivity index (χ4n) is 2.41. The summed E-state index contributed by atoms with van der Waals surface area (Å²) in [6.45, 7) is 12.0. The second-order valence-electron chi connectivity index (χ2n) is 5.35. The number of pyridine rings is 1. The van der Waals surface area contributed by atoms with Crippen molar-refractivity contribution in [2.24, 2.45) is 0 Å². The topological polar surface area (TPSA) is 60.2 Å². The number of nitrogens with two attached hydrogens (primary N) is 1. The summed E-state index contributed by atoms with van der Waals surface area (Å²) in [7, 11) is 0. The smallest absolute Gasteiger partial charge is 0.128 e. The molecule has 0 spiro atoms. The summed E-state index contributed by atoms with van der Waals surface area (Å²) in [6.07, 6.45) is 2.82. The standard InChI is InChI=1S/C15H27N3O/c1-6-9-17-13(15(4,5)19-7-2)12-11(3)8-10-18-14(12)16/h8,10,13,17H,6-7,9H2,1-5H3,(H2,16,18). The highest BCUT2D eigenvalue weighted by Crippen LogP contribution is 2.33. The lowest BCUT2D eigenvalue weighted by Gasteiger charge is -2.36. The fourth-order valence-corrected chi connectivity index (χ4v) is 2.41. The number of aromatic nitrogens is 1. The number of hydrogen-bond donors (Lipinski definition) is 2. The third-order valence-electron chi connectivity index (χ3n) is 3.34. The first-order valence-electron chi connectivity index (χ1n) is 7.02. The summed E-state index contributed by atoms with van der Waals surface area (Å²) >= 11 is 0. The molecule has 0 aliphatic heterocycles. The lowest BCUT2D eigenvalue weighted by Crippen LogP contribution is -2.42. The molecule has 0 amide bonds. The molecule has 19 heavy (non-hydrogen) atoms. The third-order valence-corrected chi connectivity index (χ3v) is 3.34. The van der Waals surface area contributed by atoms with Gasteiger partial charge in [0.25, 0.3) is 0 Å². The quantitative estimate of drug-likeness (QED) is 0.796. The normalized spacial score (nSPS) is 13.5. The Morgan fingerprint density at radius 3 is 2.63 bits per heavy atom. The number of ether oxygens (including phenoxy) is 1. The highest BCUT2D eigenvalue weighted by molar-refractivity contribution is 5.47. The van der Waals surface area contributed by atoms with E-state index in [1.165, 1.54) is 0 Å². The number of nitrogens with zero attached hydrogens (tertiary/aromatic N) is 1. The first kappa shape index (κ1) is 15.9. The van der Waals surface area contributed by atoms with Crippen molar-refractivity contribution in [1.29, 1.82) is 0 Å². The van der Waals surface area contributed by atoms with E-state index in [4.69, 9.17) is 10.5 Å². The molecule has 0 aliphatic rings. The molecule has 3 N–H and O–H groups in total. The molecule has 0 saturated carbocycles. The molecule has 0 bridgehead atoms. The van der Waals surface area contributed by atoms with Gasteiger partial charge >= 0.3 is 0 Å². The molecule has 1 rings (SSSR count). The highest BCUT2D eigenvalue weighted by Gasteiger charge is 2.33. The highest BCUT2D eigenvalue weighted by atomic mass is 16.5. The van der Waals surface area contributed by atoms with Crippen molar-refractivity contribution in [3.05, 3.63) is 23.4 Å². The van der Waals surface area contributed by atoms with Crippen molar-refractivity contribution in [2.45, 2.75) is 52.7 Å². The maximum Gasteiger partial charge on any atom is 0.128 e. The predicted molar refractivity (Wildman–Crippen MR) is 80.1 cm³/mol. The summed E-state index contributed by atoms with van der Waals surface area (Å²) in [6, 6.07) is 2.04. The third kappa shape index (κ3) is 3.91. The molecule has 4 nitrogen and oxygen atoms in total. The zero-order valence-corrected chi connectivity index (χ0v) is 12.8. The van der Waals surface area contributed by atoms with Gasteiger partial charge in [0.2, 0.25) is 0 Å². The number of aryl methyl sites for hydroxylation is 1. The van der Waals surface area contributed by atoms with Crippen LogP contribution in [0.5, 0.6) is 0 Å². The summed E-state index contributed by atoms with van der Waals surface area (Å²) < 4.78 is 5.91. The molecule has 0 aromatic carbocycles. The Morgan fingerprint density at radius 2 is 2.11 bits per heavy atom. The first-order valence-corrected chi connectivity index (χ1v) is 7.02. The van der Waals surface area contributed by atoms with Crippen LogP contribution in [0.25, 0.3) is 0 Å². The molecule has 0 aliphatic carbocycles. The number of nitrogens with one attached hydrogen (secondary N) is 1. The number of rotatable bonds is 7. The van der Waals surface area contributed by atoms with E-state index < -0.39 is 0 Å². The van der Waals surface area contributed by atoms with Crippen LogP contribution < -0.4 is 11.1 Å². The van der Waals surface area contributed by atoms with Crippen LogP contribution in [0.15, 0.2) is 12.3 Å². The van der Waals surface area contributed by atoms with Crippen LogP contribution in [0, 0.1) is 6.92 Å². The monoisotopic (exact) mass is 265 g/mol. The van der Waals surface area contributed by atoms with Crippen LogP contribution >= 0.6 is 0 Å². The van der Waals surface area contributed by atoms with Gasteiger partial charge in [0, 0.05) is 18.4 Å². The fraction of sp³-hybridized carbons (Fsp3) is 0.667. The van der Waals surface area contributed by atoms with Gasteiger partial charge in [-0.2, -0.15) is 0 Å². The minimum absolute atomic E-state index is 0.0427. The van der Waals surface area contributed by atoms with E-state index in [-0.39, 0.29) is 11.6 Å². The lowest BCUT2D eigenvalue weighted by molar-refractivity contribution is -0.0392. The molecule has 1 unspecified atom stereocenters. The SMILES string of the molecule is CCCNC(c1c(C)ccnc1N)C(C)(C)OCC. The maximum absolute atomic E-state index is 6.08. The number of nitrogen functional groups attached to an aromatic ring is 1. The van der Waals surface area contributed by atoms with E-state index in [1.54, 1.807) is 6.20 Å². The van der Waals surface area contributed by atoms with Crippen LogP contribution in [-0.4, -0.2) is 23.7 Å². The van der Waals surface area contributed by atoms with Crippen molar-refractivity contribution in [1.82, 2.24) is 10.3 Å². The molecule has 0 radical (unpaired) electrons. The Bertz CT molecular complexity index is 384. The average Bonchev–Trinajstić information content (AvgIpc) is 2.32. The molecular formula is C15H27N3O. The van der Waals surface area contributed by atoms with Gasteiger partial charge in [-0.15, -0.1) is 0 Å². The summed E-state index contributed by atoms with van der Waals surface area (Å²) in [5, 5.41) is 3.55. The predicted octanol–water partition coefficient (Wildman–Crippen LogP) is 2.83. The molecule has 1 atom stereocenters. The second-order valence-corrected chi connectivity index (χ2v) is 5.35. The van der Waals surface area contributed by atoms with E-state index >= 15 is 0 Å². The minimum Gasteiger partial charge on any atom is -0.383 e. The number of hydrogen-bond acceptors (Lipinski definition) is 4. The Morgan fingerprint density at radius 1 is 1.42 bits per heavy atom. The zero-order valence-electron chi connectivity index (χ0n) is 12.8. The van der Waals surface area contributed by atoms with Gasteiger partial charge in [-0.1, -0.05) is 6.92 Å². The minimum atomic E-state index is -0.328. The lowest BCUT2D eigenvalue weighted by atomic mass is 9.89. The van der Waals surface area contributed by atoms with Gasteiger partial charge in [-0.25, -0.2) is 4.98 Å². The van der Waals surface area contributed by atoms with Crippen molar-refractivity contribution in [3.63, 3.8) is 0 Å². The van der Waals surface area contributed by atoms with Crippen LogP contribution in [0.3, 0.4) is 0 Å². The molecule has 0 saturated heterocycles. The van der Waals surface area contributed by atoms with Gasteiger partial charge in [-0.3, -0.25) is 0 Å². The van der Waals surface area contributed by atoms with Gasteiger partial charge < -0.3 is 15.8 Å². The maximum atomic E-state index is 6.08. The summed E-state index contributed by atoms with van der Waals surface area (Å²) in [5.41, 5.74) is 7.95. The van der Waals surface area contributed by atoms with Gasteiger partial charge in [0.15, 0.2) is 0 Å². The Labute approximate surface area is 116 Å². The van der Waals surface area contributed by atoms with Gasteiger partial charge in [0.05, 0.1) is 11.6 Å². The molecular weight excluding hydrogens is 238 g/mol. The Hall–Kier alpha value is -1.13.